The van der Waals surface area contributed by atoms with Crippen LogP contribution in [-0.4, -0.2) is 33.1 Å². The van der Waals surface area contributed by atoms with Crippen LogP contribution in [0.25, 0.3) is 0 Å². The summed E-state index contributed by atoms with van der Waals surface area (Å²) >= 11 is 0. The number of fused-ring (bicyclic) bond motifs is 2. The average molecular weight is 247 g/mol. The summed E-state index contributed by atoms with van der Waals surface area (Å²) in [5.41, 5.74) is 7.84. The van der Waals surface area contributed by atoms with Crippen molar-refractivity contribution in [2.24, 2.45) is 5.73 Å². The Balaban J connectivity index is 1.79. The maximum Gasteiger partial charge on any atom is 0.138 e. The van der Waals surface area contributed by atoms with Gasteiger partial charge in [0.2, 0.25) is 0 Å². The minimum absolute atomic E-state index is 0.315. The molecule has 2 saturated heterocycles. The number of rotatable bonds is 2. The SMILES string of the molecule is Cc1ccc(O)c(CN2C3CCC2CC(N)C3)n1. The van der Waals surface area contributed by atoms with Crippen LogP contribution in [0.4, 0.5) is 0 Å². The molecule has 0 aromatic carbocycles. The maximum atomic E-state index is 9.90. The van der Waals surface area contributed by atoms with E-state index in [1.165, 1.54) is 12.8 Å². The summed E-state index contributed by atoms with van der Waals surface area (Å²) in [6.07, 6.45) is 4.65. The van der Waals surface area contributed by atoms with Crippen molar-refractivity contribution in [2.45, 2.75) is 57.3 Å². The van der Waals surface area contributed by atoms with E-state index in [2.05, 4.69) is 9.88 Å². The summed E-state index contributed by atoms with van der Waals surface area (Å²) in [6, 6.07) is 5.12. The van der Waals surface area contributed by atoms with E-state index in [-0.39, 0.29) is 0 Å². The summed E-state index contributed by atoms with van der Waals surface area (Å²) in [6.45, 7) is 2.72. The van der Waals surface area contributed by atoms with E-state index >= 15 is 0 Å². The van der Waals surface area contributed by atoms with Crippen molar-refractivity contribution in [3.05, 3.63) is 23.5 Å². The number of piperidine rings is 1. The molecular weight excluding hydrogens is 226 g/mol. The van der Waals surface area contributed by atoms with E-state index in [0.29, 0.717) is 23.9 Å². The predicted molar refractivity (Wildman–Crippen MR) is 70.2 cm³/mol. The van der Waals surface area contributed by atoms with Gasteiger partial charge in [0.05, 0.1) is 5.69 Å². The molecule has 3 N–H and O–H groups in total. The van der Waals surface area contributed by atoms with Gasteiger partial charge in [-0.3, -0.25) is 9.88 Å². The number of aryl methyl sites for hydroxylation is 1. The van der Waals surface area contributed by atoms with E-state index in [1.54, 1.807) is 6.07 Å². The summed E-state index contributed by atoms with van der Waals surface area (Å²) in [4.78, 5) is 6.95. The minimum atomic E-state index is 0.315. The van der Waals surface area contributed by atoms with Crippen molar-refractivity contribution in [1.82, 2.24) is 9.88 Å². The van der Waals surface area contributed by atoms with Crippen molar-refractivity contribution < 1.29 is 5.11 Å². The van der Waals surface area contributed by atoms with Gasteiger partial charge in [-0.15, -0.1) is 0 Å². The van der Waals surface area contributed by atoms with Gasteiger partial charge in [0.1, 0.15) is 5.75 Å². The first kappa shape index (κ1) is 11.9. The number of hydrogen-bond donors (Lipinski definition) is 2. The van der Waals surface area contributed by atoms with Gasteiger partial charge in [0.25, 0.3) is 0 Å². The van der Waals surface area contributed by atoms with Crippen molar-refractivity contribution in [1.29, 1.82) is 0 Å². The highest BCUT2D eigenvalue weighted by molar-refractivity contribution is 5.27. The highest BCUT2D eigenvalue weighted by atomic mass is 16.3. The molecule has 4 heteroatoms. The number of aromatic nitrogens is 1. The third kappa shape index (κ3) is 2.10. The third-order valence-electron chi connectivity index (χ3n) is 4.34. The Morgan fingerprint density at radius 2 is 2.00 bits per heavy atom. The first-order chi connectivity index (χ1) is 8.63. The van der Waals surface area contributed by atoms with Crippen LogP contribution in [0.15, 0.2) is 12.1 Å². The number of hydrogen-bond acceptors (Lipinski definition) is 4. The molecule has 2 bridgehead atoms. The third-order valence-corrected chi connectivity index (χ3v) is 4.34. The van der Waals surface area contributed by atoms with Gasteiger partial charge in [-0.25, -0.2) is 0 Å². The molecule has 2 unspecified atom stereocenters. The molecule has 2 atom stereocenters. The molecule has 2 fully saturated rings. The fourth-order valence-corrected chi connectivity index (χ4v) is 3.47. The van der Waals surface area contributed by atoms with E-state index in [0.717, 1.165) is 30.8 Å². The molecule has 0 saturated carbocycles. The van der Waals surface area contributed by atoms with Crippen molar-refractivity contribution in [3.63, 3.8) is 0 Å². The van der Waals surface area contributed by atoms with Crippen LogP contribution < -0.4 is 5.73 Å². The topological polar surface area (TPSA) is 62.4 Å². The van der Waals surface area contributed by atoms with Gasteiger partial charge in [0, 0.05) is 30.4 Å². The lowest BCUT2D eigenvalue weighted by Gasteiger charge is -2.37. The van der Waals surface area contributed by atoms with Crippen LogP contribution in [0, 0.1) is 6.92 Å². The maximum absolute atomic E-state index is 9.90. The molecule has 98 valence electrons. The van der Waals surface area contributed by atoms with Crippen LogP contribution in [0.1, 0.15) is 37.1 Å². The summed E-state index contributed by atoms with van der Waals surface area (Å²) in [5, 5.41) is 9.90. The highest BCUT2D eigenvalue weighted by Gasteiger charge is 2.39. The Kier molecular flexibility index (Phi) is 2.99. The number of aromatic hydroxyl groups is 1. The van der Waals surface area contributed by atoms with Gasteiger partial charge in [-0.1, -0.05) is 0 Å². The van der Waals surface area contributed by atoms with E-state index < -0.39 is 0 Å². The Bertz CT molecular complexity index is 435. The molecule has 0 radical (unpaired) electrons. The second kappa shape index (κ2) is 4.52. The van der Waals surface area contributed by atoms with Crippen molar-refractivity contribution >= 4 is 0 Å². The summed E-state index contributed by atoms with van der Waals surface area (Å²) < 4.78 is 0. The van der Waals surface area contributed by atoms with Crippen LogP contribution in [0.3, 0.4) is 0 Å². The van der Waals surface area contributed by atoms with Crippen molar-refractivity contribution in [2.75, 3.05) is 0 Å². The van der Waals surface area contributed by atoms with Gasteiger partial charge in [0.15, 0.2) is 0 Å². The number of pyridine rings is 1. The zero-order chi connectivity index (χ0) is 12.7. The fourth-order valence-electron chi connectivity index (χ4n) is 3.47. The van der Waals surface area contributed by atoms with Gasteiger partial charge in [-0.2, -0.15) is 0 Å². The first-order valence-corrected chi connectivity index (χ1v) is 6.80. The first-order valence-electron chi connectivity index (χ1n) is 6.80. The second-order valence-electron chi connectivity index (χ2n) is 5.71. The molecule has 18 heavy (non-hydrogen) atoms. The highest BCUT2D eigenvalue weighted by Crippen LogP contribution is 2.36. The van der Waals surface area contributed by atoms with Crippen LogP contribution in [0.5, 0.6) is 5.75 Å². The molecule has 2 aliphatic rings. The molecular formula is C14H21N3O. The van der Waals surface area contributed by atoms with Crippen LogP contribution >= 0.6 is 0 Å². The number of nitrogens with zero attached hydrogens (tertiary/aromatic N) is 2. The zero-order valence-electron chi connectivity index (χ0n) is 10.8. The Hall–Kier alpha value is -1.13. The Morgan fingerprint density at radius 3 is 2.67 bits per heavy atom. The summed E-state index contributed by atoms with van der Waals surface area (Å²) in [5.74, 6) is 0.315. The lowest BCUT2D eigenvalue weighted by molar-refractivity contribution is 0.117. The predicted octanol–water partition coefficient (Wildman–Crippen LogP) is 1.55. The normalized spacial score (nSPS) is 31.8. The average Bonchev–Trinajstić information content (AvgIpc) is 2.57. The number of nitrogens with two attached hydrogens (primary N) is 1. The van der Waals surface area contributed by atoms with E-state index in [9.17, 15) is 5.11 Å². The van der Waals surface area contributed by atoms with Crippen molar-refractivity contribution in [3.8, 4) is 5.75 Å². The lowest BCUT2D eigenvalue weighted by Crippen LogP contribution is -2.46. The molecule has 4 nitrogen and oxygen atoms in total. The van der Waals surface area contributed by atoms with Gasteiger partial charge < -0.3 is 10.8 Å². The van der Waals surface area contributed by atoms with Crippen LogP contribution in [-0.2, 0) is 6.54 Å². The molecule has 0 spiro atoms. The summed E-state index contributed by atoms with van der Waals surface area (Å²) in [7, 11) is 0. The minimum Gasteiger partial charge on any atom is -0.506 e. The lowest BCUT2D eigenvalue weighted by atomic mass is 9.98. The second-order valence-corrected chi connectivity index (χ2v) is 5.71. The molecule has 2 aliphatic heterocycles. The molecule has 1 aromatic heterocycles. The van der Waals surface area contributed by atoms with Gasteiger partial charge >= 0.3 is 0 Å². The Labute approximate surface area is 108 Å². The largest absolute Gasteiger partial charge is 0.506 e. The smallest absolute Gasteiger partial charge is 0.138 e. The molecule has 1 aromatic rings. The monoisotopic (exact) mass is 247 g/mol. The van der Waals surface area contributed by atoms with E-state index in [4.69, 9.17) is 5.73 Å². The molecule has 3 rings (SSSR count). The van der Waals surface area contributed by atoms with Gasteiger partial charge in [-0.05, 0) is 44.7 Å². The quantitative estimate of drug-likeness (QED) is 0.832. The standard InChI is InChI=1S/C14H21N3O/c1-9-2-5-14(18)13(16-9)8-17-11-3-4-12(17)7-10(15)6-11/h2,5,10-12,18H,3-4,6-8,15H2,1H3. The zero-order valence-corrected chi connectivity index (χ0v) is 10.8. The van der Waals surface area contributed by atoms with Crippen LogP contribution in [0.2, 0.25) is 0 Å². The molecule has 3 heterocycles. The fraction of sp³-hybridized carbons (Fsp3) is 0.643. The van der Waals surface area contributed by atoms with E-state index in [1.807, 2.05) is 13.0 Å². The Morgan fingerprint density at radius 1 is 1.33 bits per heavy atom. The molecule has 0 aliphatic carbocycles. The molecule has 0 amide bonds.